The third-order valence-corrected chi connectivity index (χ3v) is 3.18. The van der Waals surface area contributed by atoms with Gasteiger partial charge in [0.2, 0.25) is 0 Å². The summed E-state index contributed by atoms with van der Waals surface area (Å²) in [4.78, 5) is 14.4. The van der Waals surface area contributed by atoms with Crippen molar-refractivity contribution in [3.8, 4) is 5.75 Å². The highest BCUT2D eigenvalue weighted by Crippen LogP contribution is 2.24. The monoisotopic (exact) mass is 300 g/mol. The lowest BCUT2D eigenvalue weighted by atomic mass is 10.1. The summed E-state index contributed by atoms with van der Waals surface area (Å²) in [5.41, 5.74) is 5.89. The number of hydrogen-bond donors (Lipinski definition) is 2. The largest absolute Gasteiger partial charge is 0.506 e. The molecule has 1 aromatic rings. The number of aromatic hydroxyl groups is 1. The summed E-state index contributed by atoms with van der Waals surface area (Å²) in [7, 11) is 0. The normalized spacial score (nSPS) is 10.5. The number of carbonyl (C=O) groups is 1. The van der Waals surface area contributed by atoms with Crippen molar-refractivity contribution in [3.05, 3.63) is 28.8 Å². The second-order valence-corrected chi connectivity index (χ2v) is 5.41. The van der Waals surface area contributed by atoms with Crippen LogP contribution in [0, 0.1) is 0 Å². The summed E-state index contributed by atoms with van der Waals surface area (Å²) < 4.78 is 0. The lowest BCUT2D eigenvalue weighted by molar-refractivity contribution is 0.0711. The number of rotatable bonds is 5. The molecule has 104 valence electrons. The minimum Gasteiger partial charge on any atom is -0.506 e. The molecule has 0 radical (unpaired) electrons. The molecule has 0 aliphatic rings. The van der Waals surface area contributed by atoms with Gasteiger partial charge in [0, 0.05) is 24.6 Å². The van der Waals surface area contributed by atoms with E-state index >= 15 is 0 Å². The number of benzene rings is 1. The zero-order valence-electron chi connectivity index (χ0n) is 10.9. The summed E-state index contributed by atoms with van der Waals surface area (Å²) in [6, 6.07) is 4.42. The Morgan fingerprint density at radius 1 is 1.53 bits per heavy atom. The van der Waals surface area contributed by atoms with Crippen molar-refractivity contribution in [2.45, 2.75) is 26.3 Å². The van der Waals surface area contributed by atoms with E-state index in [1.165, 1.54) is 12.1 Å². The van der Waals surface area contributed by atoms with Gasteiger partial charge in [-0.3, -0.25) is 4.79 Å². The summed E-state index contributed by atoms with van der Waals surface area (Å²) in [5.74, 6) is -0.203. The van der Waals surface area contributed by atoms with E-state index in [9.17, 15) is 9.90 Å². The average molecular weight is 301 g/mol. The van der Waals surface area contributed by atoms with Crippen molar-refractivity contribution in [1.29, 1.82) is 0 Å². The van der Waals surface area contributed by atoms with E-state index in [0.29, 0.717) is 23.5 Å². The van der Waals surface area contributed by atoms with Gasteiger partial charge in [0.1, 0.15) is 5.75 Å². The van der Waals surface area contributed by atoms with Crippen molar-refractivity contribution < 1.29 is 9.90 Å². The van der Waals surface area contributed by atoms with Crippen LogP contribution < -0.4 is 5.73 Å². The molecule has 3 N–H and O–H groups in total. The van der Waals surface area contributed by atoms with Crippen LogP contribution in [-0.2, 0) is 0 Å². The Hall–Kier alpha value is -1.33. The first-order valence-electron chi connectivity index (χ1n) is 5.90. The molecule has 0 aliphatic heterocycles. The lowest BCUT2D eigenvalue weighted by Crippen LogP contribution is -2.38. The fraction of sp³-hybridized carbons (Fsp3) is 0.385. The van der Waals surface area contributed by atoms with Crippen molar-refractivity contribution in [1.82, 2.24) is 4.90 Å². The molecule has 0 aromatic heterocycles. The van der Waals surface area contributed by atoms with Gasteiger partial charge in [-0.25, -0.2) is 0 Å². The van der Waals surface area contributed by atoms with E-state index in [1.54, 1.807) is 11.0 Å². The first-order chi connectivity index (χ1) is 8.82. The summed E-state index contributed by atoms with van der Waals surface area (Å²) in [6.07, 6.45) is 0.477. The first kappa shape index (κ1) is 15.7. The number of halogens is 1. The van der Waals surface area contributed by atoms with Crippen LogP contribution in [0.2, 0.25) is 5.02 Å². The van der Waals surface area contributed by atoms with Crippen molar-refractivity contribution in [2.24, 2.45) is 5.73 Å². The van der Waals surface area contributed by atoms with E-state index in [1.807, 2.05) is 13.8 Å². The van der Waals surface area contributed by atoms with Crippen LogP contribution >= 0.6 is 23.8 Å². The van der Waals surface area contributed by atoms with Crippen LogP contribution in [-0.4, -0.2) is 33.5 Å². The zero-order valence-corrected chi connectivity index (χ0v) is 12.5. The molecule has 4 nitrogen and oxygen atoms in total. The number of amides is 1. The number of thiocarbonyl (C=S) groups is 1. The van der Waals surface area contributed by atoms with E-state index in [2.05, 4.69) is 0 Å². The molecule has 0 bridgehead atoms. The summed E-state index contributed by atoms with van der Waals surface area (Å²) in [5, 5.41) is 9.52. The Morgan fingerprint density at radius 2 is 2.16 bits per heavy atom. The Bertz CT molecular complexity index is 492. The van der Waals surface area contributed by atoms with Crippen LogP contribution in [0.3, 0.4) is 0 Å². The number of nitrogens with zero attached hydrogens (tertiary/aromatic N) is 1. The predicted molar refractivity (Wildman–Crippen MR) is 80.7 cm³/mol. The SMILES string of the molecule is CC(C)N(CCC(N)=S)C(=O)c1ccc(O)c(Cl)c1. The van der Waals surface area contributed by atoms with Crippen molar-refractivity contribution >= 4 is 34.7 Å². The van der Waals surface area contributed by atoms with Crippen molar-refractivity contribution in [3.63, 3.8) is 0 Å². The van der Waals surface area contributed by atoms with Gasteiger partial charge in [0.05, 0.1) is 10.0 Å². The van der Waals surface area contributed by atoms with Gasteiger partial charge in [0.25, 0.3) is 5.91 Å². The molecule has 0 atom stereocenters. The van der Waals surface area contributed by atoms with E-state index in [-0.39, 0.29) is 22.7 Å². The molecule has 19 heavy (non-hydrogen) atoms. The first-order valence-corrected chi connectivity index (χ1v) is 6.69. The zero-order chi connectivity index (χ0) is 14.6. The Morgan fingerprint density at radius 3 is 2.63 bits per heavy atom. The highest BCUT2D eigenvalue weighted by atomic mass is 35.5. The topological polar surface area (TPSA) is 66.6 Å². The van der Waals surface area contributed by atoms with Gasteiger partial charge in [-0.1, -0.05) is 23.8 Å². The van der Waals surface area contributed by atoms with Gasteiger partial charge >= 0.3 is 0 Å². The molecule has 0 saturated carbocycles. The standard InChI is InChI=1S/C13H17ClN2O2S/c1-8(2)16(6-5-12(15)19)13(18)9-3-4-11(17)10(14)7-9/h3-4,7-8,17H,5-6H2,1-2H3,(H2,15,19). The highest BCUT2D eigenvalue weighted by Gasteiger charge is 2.19. The number of carbonyl (C=O) groups excluding carboxylic acids is 1. The second-order valence-electron chi connectivity index (χ2n) is 4.47. The van der Waals surface area contributed by atoms with E-state index < -0.39 is 0 Å². The number of phenolic OH excluding ortho intramolecular Hbond substituents is 1. The fourth-order valence-corrected chi connectivity index (χ4v) is 1.90. The molecule has 0 saturated heterocycles. The highest BCUT2D eigenvalue weighted by molar-refractivity contribution is 7.80. The number of hydrogen-bond acceptors (Lipinski definition) is 3. The van der Waals surface area contributed by atoms with Gasteiger partial charge in [0.15, 0.2) is 0 Å². The molecular weight excluding hydrogens is 284 g/mol. The van der Waals surface area contributed by atoms with Crippen molar-refractivity contribution in [2.75, 3.05) is 6.54 Å². The van der Waals surface area contributed by atoms with Crippen LogP contribution in [0.4, 0.5) is 0 Å². The molecule has 0 heterocycles. The molecular formula is C13H17ClN2O2S. The molecule has 1 amide bonds. The quantitative estimate of drug-likeness (QED) is 0.820. The summed E-state index contributed by atoms with van der Waals surface area (Å²) in [6.45, 7) is 4.29. The molecule has 1 aromatic carbocycles. The Kier molecular flexibility index (Phi) is 5.57. The number of nitrogens with two attached hydrogens (primary N) is 1. The third kappa shape index (κ3) is 4.36. The van der Waals surface area contributed by atoms with Crippen LogP contribution in [0.15, 0.2) is 18.2 Å². The van der Waals surface area contributed by atoms with Gasteiger partial charge in [-0.05, 0) is 32.0 Å². The second kappa shape index (κ2) is 6.73. The van der Waals surface area contributed by atoms with Crippen LogP contribution in [0.5, 0.6) is 5.75 Å². The summed E-state index contributed by atoms with van der Waals surface area (Å²) >= 11 is 10.6. The van der Waals surface area contributed by atoms with E-state index in [0.717, 1.165) is 0 Å². The van der Waals surface area contributed by atoms with Gasteiger partial charge < -0.3 is 15.7 Å². The maximum absolute atomic E-state index is 12.4. The molecule has 1 rings (SSSR count). The molecule has 0 unspecified atom stereocenters. The maximum Gasteiger partial charge on any atom is 0.254 e. The van der Waals surface area contributed by atoms with E-state index in [4.69, 9.17) is 29.6 Å². The minimum atomic E-state index is -0.159. The molecule has 0 fully saturated rings. The lowest BCUT2D eigenvalue weighted by Gasteiger charge is -2.26. The Balaban J connectivity index is 2.92. The predicted octanol–water partition coefficient (Wildman–Crippen LogP) is 2.57. The van der Waals surface area contributed by atoms with Gasteiger partial charge in [-0.2, -0.15) is 0 Å². The smallest absolute Gasteiger partial charge is 0.254 e. The fourth-order valence-electron chi connectivity index (χ4n) is 1.63. The molecule has 6 heteroatoms. The number of phenols is 1. The average Bonchev–Trinajstić information content (AvgIpc) is 2.31. The Labute approximate surface area is 123 Å². The van der Waals surface area contributed by atoms with Crippen LogP contribution in [0.1, 0.15) is 30.6 Å². The minimum absolute atomic E-state index is 0.0226. The molecule has 0 aliphatic carbocycles. The van der Waals surface area contributed by atoms with Gasteiger partial charge in [-0.15, -0.1) is 0 Å². The maximum atomic E-state index is 12.4. The molecule has 0 spiro atoms. The third-order valence-electron chi connectivity index (χ3n) is 2.68. The van der Waals surface area contributed by atoms with Crippen LogP contribution in [0.25, 0.3) is 0 Å².